The average molecular weight is 372 g/mol. The summed E-state index contributed by atoms with van der Waals surface area (Å²) in [7, 11) is 0. The number of nitrogens with zero attached hydrogens (tertiary/aromatic N) is 3. The van der Waals surface area contributed by atoms with Crippen LogP contribution in [0.5, 0.6) is 0 Å². The minimum absolute atomic E-state index is 0.145. The zero-order chi connectivity index (χ0) is 19.4. The molecule has 7 heteroatoms. The smallest absolute Gasteiger partial charge is 0.293 e. The monoisotopic (exact) mass is 372 g/mol. The quantitative estimate of drug-likeness (QED) is 0.479. The molecule has 0 unspecified atom stereocenters. The van der Waals surface area contributed by atoms with Crippen molar-refractivity contribution in [3.05, 3.63) is 65.2 Å². The fourth-order valence-electron chi connectivity index (χ4n) is 3.71. The molecule has 1 aliphatic rings. The molecule has 6 nitrogen and oxygen atoms in total. The number of hydrogen-bond acceptors (Lipinski definition) is 5. The van der Waals surface area contributed by atoms with Gasteiger partial charge in [-0.2, -0.15) is 4.39 Å². The first-order valence-electron chi connectivity index (χ1n) is 9.09. The van der Waals surface area contributed by atoms with Gasteiger partial charge in [-0.05, 0) is 25.5 Å². The summed E-state index contributed by atoms with van der Waals surface area (Å²) < 4.78 is 14.3. The highest BCUT2D eigenvalue weighted by atomic mass is 19.1. The van der Waals surface area contributed by atoms with Gasteiger partial charge in [0, 0.05) is 43.8 Å². The molecular formula is C20H25FN4O2. The molecule has 2 atom stereocenters. The van der Waals surface area contributed by atoms with Gasteiger partial charge in [-0.3, -0.25) is 19.8 Å². The van der Waals surface area contributed by atoms with Crippen LogP contribution in [0.25, 0.3) is 0 Å². The topological polar surface area (TPSA) is 68.7 Å². The van der Waals surface area contributed by atoms with Gasteiger partial charge in [0.1, 0.15) is 5.69 Å². The number of hydrogen-bond donors (Lipinski definition) is 2. The van der Waals surface area contributed by atoms with Gasteiger partial charge in [-0.25, -0.2) is 10.5 Å². The molecule has 144 valence electrons. The summed E-state index contributed by atoms with van der Waals surface area (Å²) in [5, 5.41) is 8.62. The first kappa shape index (κ1) is 19.4. The molecule has 1 amide bonds. The molecule has 0 bridgehead atoms. The van der Waals surface area contributed by atoms with Crippen molar-refractivity contribution < 1.29 is 14.4 Å². The summed E-state index contributed by atoms with van der Waals surface area (Å²) in [6.07, 6.45) is 0. The van der Waals surface area contributed by atoms with Gasteiger partial charge in [-0.15, -0.1) is 0 Å². The molecule has 2 aromatic rings. The van der Waals surface area contributed by atoms with Gasteiger partial charge in [0.2, 0.25) is 5.95 Å². The van der Waals surface area contributed by atoms with Crippen molar-refractivity contribution in [2.75, 3.05) is 13.1 Å². The Hall–Kier alpha value is -2.35. The summed E-state index contributed by atoms with van der Waals surface area (Å²) in [4.78, 5) is 19.7. The molecule has 3 rings (SSSR count). The highest BCUT2D eigenvalue weighted by Gasteiger charge is 2.29. The lowest BCUT2D eigenvalue weighted by Gasteiger charge is -2.44. The normalized spacial score (nSPS) is 21.2. The van der Waals surface area contributed by atoms with E-state index in [1.54, 1.807) is 6.07 Å². The van der Waals surface area contributed by atoms with Crippen molar-refractivity contribution in [1.29, 1.82) is 0 Å². The van der Waals surface area contributed by atoms with E-state index in [1.165, 1.54) is 17.1 Å². The summed E-state index contributed by atoms with van der Waals surface area (Å²) in [5.74, 6) is -1.50. The van der Waals surface area contributed by atoms with E-state index in [-0.39, 0.29) is 5.69 Å². The van der Waals surface area contributed by atoms with Crippen LogP contribution in [0.4, 0.5) is 4.39 Å². The number of halogens is 1. The number of hydroxylamine groups is 1. The molecule has 1 aliphatic heterocycles. The van der Waals surface area contributed by atoms with Crippen LogP contribution >= 0.6 is 0 Å². The summed E-state index contributed by atoms with van der Waals surface area (Å²) in [6, 6.07) is 14.0. The molecule has 1 aromatic heterocycles. The average Bonchev–Trinajstić information content (AvgIpc) is 2.66. The second-order valence-electron chi connectivity index (χ2n) is 7.14. The van der Waals surface area contributed by atoms with Gasteiger partial charge < -0.3 is 0 Å². The Bertz CT molecular complexity index is 775. The van der Waals surface area contributed by atoms with Crippen molar-refractivity contribution in [3.63, 3.8) is 0 Å². The summed E-state index contributed by atoms with van der Waals surface area (Å²) >= 11 is 0. The Morgan fingerprint density at radius 3 is 2.41 bits per heavy atom. The maximum Gasteiger partial charge on any atom is 0.293 e. The Morgan fingerprint density at radius 2 is 1.81 bits per heavy atom. The fourth-order valence-corrected chi connectivity index (χ4v) is 3.71. The summed E-state index contributed by atoms with van der Waals surface area (Å²) in [6.45, 7) is 7.38. The van der Waals surface area contributed by atoms with E-state index >= 15 is 0 Å². The number of nitrogens with one attached hydrogen (secondary N) is 1. The second-order valence-corrected chi connectivity index (χ2v) is 7.14. The predicted molar refractivity (Wildman–Crippen MR) is 99.6 cm³/mol. The van der Waals surface area contributed by atoms with Gasteiger partial charge >= 0.3 is 0 Å². The van der Waals surface area contributed by atoms with E-state index in [4.69, 9.17) is 5.21 Å². The number of amides is 1. The lowest BCUT2D eigenvalue weighted by molar-refractivity contribution is 0.0284. The molecule has 1 aromatic carbocycles. The van der Waals surface area contributed by atoms with Crippen LogP contribution in [-0.4, -0.2) is 51.1 Å². The number of carbonyl (C=O) groups is 1. The van der Waals surface area contributed by atoms with E-state index in [0.717, 1.165) is 19.6 Å². The fraction of sp³-hybridized carbons (Fsp3) is 0.400. The van der Waals surface area contributed by atoms with Gasteiger partial charge in [0.15, 0.2) is 0 Å². The molecule has 0 spiro atoms. The van der Waals surface area contributed by atoms with Crippen LogP contribution in [0.1, 0.15) is 35.5 Å². The second kappa shape index (κ2) is 8.56. The van der Waals surface area contributed by atoms with Gasteiger partial charge in [-0.1, -0.05) is 36.4 Å². The number of benzene rings is 1. The van der Waals surface area contributed by atoms with E-state index in [2.05, 4.69) is 52.9 Å². The van der Waals surface area contributed by atoms with Crippen LogP contribution in [0.15, 0.2) is 42.5 Å². The highest BCUT2D eigenvalue weighted by molar-refractivity contribution is 5.91. The molecule has 0 radical (unpaired) electrons. The molecule has 27 heavy (non-hydrogen) atoms. The van der Waals surface area contributed by atoms with Gasteiger partial charge in [0.05, 0.1) is 0 Å². The van der Waals surface area contributed by atoms with Crippen molar-refractivity contribution in [2.45, 2.75) is 39.0 Å². The molecule has 2 N–H and O–H groups in total. The molecule has 0 saturated carbocycles. The first-order chi connectivity index (χ1) is 13.0. The molecule has 1 fully saturated rings. The van der Waals surface area contributed by atoms with E-state index in [1.807, 2.05) is 6.07 Å². The molecule has 2 heterocycles. The van der Waals surface area contributed by atoms with Crippen LogP contribution < -0.4 is 5.48 Å². The van der Waals surface area contributed by atoms with Crippen molar-refractivity contribution in [2.24, 2.45) is 0 Å². The predicted octanol–water partition coefficient (Wildman–Crippen LogP) is 2.43. The standard InChI is InChI=1S/C20H25FN4O2/c1-14-10-24(11-15(2)25(14)12-16-6-4-3-5-7-16)13-17-8-9-18(20(26)23-27)22-19(17)21/h3-9,14-15,27H,10-13H2,1-2H3,(H,23,26)/t14-,15+. The largest absolute Gasteiger partial charge is 0.296 e. The van der Waals surface area contributed by atoms with Crippen molar-refractivity contribution >= 4 is 5.91 Å². The Balaban J connectivity index is 1.64. The minimum Gasteiger partial charge on any atom is -0.296 e. The number of rotatable bonds is 5. The Kier molecular flexibility index (Phi) is 6.15. The van der Waals surface area contributed by atoms with Crippen LogP contribution in [0.2, 0.25) is 0 Å². The van der Waals surface area contributed by atoms with Crippen molar-refractivity contribution in [1.82, 2.24) is 20.3 Å². The van der Waals surface area contributed by atoms with E-state index in [9.17, 15) is 9.18 Å². The Labute approximate surface area is 158 Å². The number of piperazine rings is 1. The molecule has 0 aliphatic carbocycles. The number of carbonyl (C=O) groups excluding carboxylic acids is 1. The van der Waals surface area contributed by atoms with Crippen LogP contribution in [-0.2, 0) is 13.1 Å². The lowest BCUT2D eigenvalue weighted by Crippen LogP contribution is -2.55. The zero-order valence-electron chi connectivity index (χ0n) is 15.6. The van der Waals surface area contributed by atoms with Crippen LogP contribution in [0.3, 0.4) is 0 Å². The lowest BCUT2D eigenvalue weighted by atomic mass is 10.1. The summed E-state index contributed by atoms with van der Waals surface area (Å²) in [5.41, 5.74) is 3.05. The minimum atomic E-state index is -0.822. The van der Waals surface area contributed by atoms with Gasteiger partial charge in [0.25, 0.3) is 5.91 Å². The van der Waals surface area contributed by atoms with E-state index in [0.29, 0.717) is 24.2 Å². The zero-order valence-corrected chi connectivity index (χ0v) is 15.6. The van der Waals surface area contributed by atoms with Crippen LogP contribution in [0, 0.1) is 5.95 Å². The third-order valence-corrected chi connectivity index (χ3v) is 5.04. The first-order valence-corrected chi connectivity index (χ1v) is 9.09. The third-order valence-electron chi connectivity index (χ3n) is 5.04. The maximum atomic E-state index is 14.3. The highest BCUT2D eigenvalue weighted by Crippen LogP contribution is 2.21. The molecular weight excluding hydrogens is 347 g/mol. The number of pyridine rings is 1. The maximum absolute atomic E-state index is 14.3. The van der Waals surface area contributed by atoms with E-state index < -0.39 is 11.9 Å². The SMILES string of the molecule is C[C@@H]1CN(Cc2ccc(C(=O)NO)nc2F)C[C@H](C)N1Cc1ccccc1. The van der Waals surface area contributed by atoms with Crippen molar-refractivity contribution in [3.8, 4) is 0 Å². The molecule has 1 saturated heterocycles. The third kappa shape index (κ3) is 4.68. The Morgan fingerprint density at radius 1 is 1.15 bits per heavy atom. The number of aromatic nitrogens is 1.